The highest BCUT2D eigenvalue weighted by molar-refractivity contribution is 8.00. The number of carbonyl (C=O) groups excluding carboxylic acids is 2. The molecule has 1 heterocycles. The van der Waals surface area contributed by atoms with Crippen molar-refractivity contribution in [1.29, 1.82) is 0 Å². The Morgan fingerprint density at radius 1 is 1.19 bits per heavy atom. The molecule has 0 bridgehead atoms. The van der Waals surface area contributed by atoms with Crippen LogP contribution in [0.3, 0.4) is 0 Å². The van der Waals surface area contributed by atoms with Gasteiger partial charge in [-0.15, -0.1) is 10.2 Å². The van der Waals surface area contributed by atoms with Crippen LogP contribution in [0.4, 0.5) is 4.79 Å². The van der Waals surface area contributed by atoms with Gasteiger partial charge in [-0.25, -0.2) is 4.79 Å². The van der Waals surface area contributed by atoms with Crippen LogP contribution in [0.1, 0.15) is 61.2 Å². The zero-order valence-corrected chi connectivity index (χ0v) is 16.0. The molecule has 2 aromatic rings. The molecule has 2 N–H and O–H groups in total. The van der Waals surface area contributed by atoms with E-state index in [2.05, 4.69) is 25.4 Å². The number of hydrogen-bond acceptors (Lipinski definition) is 5. The number of thioether (sulfide) groups is 1. The predicted octanol–water partition coefficient (Wildman–Crippen LogP) is 3.17. The highest BCUT2D eigenvalue weighted by atomic mass is 32.2. The lowest BCUT2D eigenvalue weighted by atomic mass is 10.1. The van der Waals surface area contributed by atoms with E-state index >= 15 is 0 Å². The fourth-order valence-electron chi connectivity index (χ4n) is 3.05. The zero-order chi connectivity index (χ0) is 18.8. The van der Waals surface area contributed by atoms with Crippen LogP contribution in [0, 0.1) is 0 Å². The first kappa shape index (κ1) is 18.0. The van der Waals surface area contributed by atoms with Crippen molar-refractivity contribution in [1.82, 2.24) is 25.4 Å². The average molecular weight is 385 g/mol. The van der Waals surface area contributed by atoms with Crippen LogP contribution in [-0.4, -0.2) is 33.2 Å². The number of carbonyl (C=O) groups is 2. The summed E-state index contributed by atoms with van der Waals surface area (Å²) in [5.41, 5.74) is 0.836. The predicted molar refractivity (Wildman–Crippen MR) is 103 cm³/mol. The highest BCUT2D eigenvalue weighted by Crippen LogP contribution is 2.47. The van der Waals surface area contributed by atoms with Crippen LogP contribution >= 0.6 is 11.8 Å². The number of amides is 3. The number of hydrogen-bond donors (Lipinski definition) is 2. The Balaban J connectivity index is 1.60. The van der Waals surface area contributed by atoms with Gasteiger partial charge < -0.3 is 9.88 Å². The third-order valence-electron chi connectivity index (χ3n) is 4.68. The molecule has 2 aliphatic carbocycles. The summed E-state index contributed by atoms with van der Waals surface area (Å²) < 4.78 is 2.22. The first-order chi connectivity index (χ1) is 13.2. The van der Waals surface area contributed by atoms with E-state index < -0.39 is 11.3 Å². The molecule has 1 aromatic carbocycles. The number of urea groups is 1. The van der Waals surface area contributed by atoms with Gasteiger partial charge in [0.2, 0.25) is 5.91 Å². The molecule has 3 amide bonds. The van der Waals surface area contributed by atoms with Crippen LogP contribution in [0.2, 0.25) is 0 Å². The molecule has 1 aromatic heterocycles. The first-order valence-electron chi connectivity index (χ1n) is 9.42. The van der Waals surface area contributed by atoms with Gasteiger partial charge in [0.15, 0.2) is 5.16 Å². The van der Waals surface area contributed by atoms with Gasteiger partial charge >= 0.3 is 6.03 Å². The van der Waals surface area contributed by atoms with Gasteiger partial charge in [0.05, 0.1) is 0 Å². The molecule has 0 radical (unpaired) electrons. The van der Waals surface area contributed by atoms with Gasteiger partial charge in [-0.05, 0) is 38.2 Å². The Bertz CT molecular complexity index is 830. The summed E-state index contributed by atoms with van der Waals surface area (Å²) in [6.45, 7) is 2.27. The van der Waals surface area contributed by atoms with Crippen LogP contribution in [0.25, 0.3) is 0 Å². The van der Waals surface area contributed by atoms with Crippen molar-refractivity contribution < 1.29 is 9.59 Å². The maximum atomic E-state index is 12.8. The molecule has 0 saturated heterocycles. The van der Waals surface area contributed by atoms with Gasteiger partial charge in [0, 0.05) is 18.5 Å². The van der Waals surface area contributed by atoms with E-state index in [-0.39, 0.29) is 5.91 Å². The summed E-state index contributed by atoms with van der Waals surface area (Å²) in [4.78, 5) is 24.7. The van der Waals surface area contributed by atoms with Crippen LogP contribution in [0.15, 0.2) is 35.5 Å². The molecule has 0 aliphatic heterocycles. The lowest BCUT2D eigenvalue weighted by Gasteiger charge is -2.17. The van der Waals surface area contributed by atoms with Crippen molar-refractivity contribution in [2.75, 3.05) is 6.54 Å². The Hall–Kier alpha value is -2.35. The number of imide groups is 1. The average Bonchev–Trinajstić information content (AvgIpc) is 3.59. The minimum absolute atomic E-state index is 0.351. The zero-order valence-electron chi connectivity index (χ0n) is 15.2. The van der Waals surface area contributed by atoms with E-state index in [0.717, 1.165) is 42.2 Å². The molecule has 142 valence electrons. The number of benzene rings is 1. The van der Waals surface area contributed by atoms with E-state index in [4.69, 9.17) is 0 Å². The third kappa shape index (κ3) is 4.16. The van der Waals surface area contributed by atoms with Gasteiger partial charge in [0.25, 0.3) is 0 Å². The van der Waals surface area contributed by atoms with Gasteiger partial charge in [-0.2, -0.15) is 0 Å². The Kier molecular flexibility index (Phi) is 5.15. The summed E-state index contributed by atoms with van der Waals surface area (Å²) in [6, 6.07) is 9.45. The number of nitrogens with one attached hydrogen (secondary N) is 2. The molecule has 7 nitrogen and oxygen atoms in total. The van der Waals surface area contributed by atoms with Crippen molar-refractivity contribution in [2.24, 2.45) is 0 Å². The summed E-state index contributed by atoms with van der Waals surface area (Å²) in [5, 5.41) is 14.0. The molecule has 27 heavy (non-hydrogen) atoms. The summed E-state index contributed by atoms with van der Waals surface area (Å²) >= 11 is 1.37. The second-order valence-corrected chi connectivity index (χ2v) is 8.05. The fraction of sp³-hybridized carbons (Fsp3) is 0.474. The summed E-state index contributed by atoms with van der Waals surface area (Å²) in [6.07, 6.45) is 4.59. The molecule has 2 fully saturated rings. The molecule has 2 saturated carbocycles. The first-order valence-corrected chi connectivity index (χ1v) is 10.3. The Morgan fingerprint density at radius 3 is 2.56 bits per heavy atom. The standard InChI is InChI=1S/C19H23N5O2S/c1-2-20-18(26)21-17(25)15(12-6-4-3-5-7-12)27-19-23-22-16(13-8-9-13)24(19)14-10-11-14/h3-7,13-15H,2,8-11H2,1H3,(H2,20,21,25,26). The second-order valence-electron chi connectivity index (χ2n) is 6.97. The molecule has 0 spiro atoms. The topological polar surface area (TPSA) is 88.9 Å². The van der Waals surface area contributed by atoms with Crippen LogP contribution in [-0.2, 0) is 4.79 Å². The van der Waals surface area contributed by atoms with Crippen molar-refractivity contribution in [3.05, 3.63) is 41.7 Å². The number of aromatic nitrogens is 3. The van der Waals surface area contributed by atoms with E-state index in [1.165, 1.54) is 11.8 Å². The number of nitrogens with zero attached hydrogens (tertiary/aromatic N) is 3. The lowest BCUT2D eigenvalue weighted by molar-refractivity contribution is -0.119. The third-order valence-corrected chi connectivity index (χ3v) is 5.89. The second kappa shape index (κ2) is 7.72. The van der Waals surface area contributed by atoms with Crippen molar-refractivity contribution >= 4 is 23.7 Å². The minimum atomic E-state index is -0.567. The van der Waals surface area contributed by atoms with Gasteiger partial charge in [-0.1, -0.05) is 42.1 Å². The van der Waals surface area contributed by atoms with Crippen molar-refractivity contribution in [3.63, 3.8) is 0 Å². The normalized spacial score (nSPS) is 17.4. The summed E-state index contributed by atoms with van der Waals surface area (Å²) in [7, 11) is 0. The molecule has 1 atom stereocenters. The molecular formula is C19H23N5O2S. The maximum Gasteiger partial charge on any atom is 0.321 e. The molecule has 4 rings (SSSR count). The van der Waals surface area contributed by atoms with Gasteiger partial charge in [-0.3, -0.25) is 10.1 Å². The van der Waals surface area contributed by atoms with Crippen LogP contribution in [0.5, 0.6) is 0 Å². The molecule has 1 unspecified atom stereocenters. The van der Waals surface area contributed by atoms with Crippen LogP contribution < -0.4 is 10.6 Å². The molecule has 2 aliphatic rings. The van der Waals surface area contributed by atoms with E-state index in [1.807, 2.05) is 37.3 Å². The quantitative estimate of drug-likeness (QED) is 0.715. The minimum Gasteiger partial charge on any atom is -0.338 e. The molecular weight excluding hydrogens is 362 g/mol. The number of rotatable bonds is 7. The Morgan fingerprint density at radius 2 is 1.93 bits per heavy atom. The van der Waals surface area contributed by atoms with Gasteiger partial charge in [0.1, 0.15) is 11.1 Å². The highest BCUT2D eigenvalue weighted by Gasteiger charge is 2.37. The van der Waals surface area contributed by atoms with E-state index in [1.54, 1.807) is 0 Å². The SMILES string of the molecule is CCNC(=O)NC(=O)C(Sc1nnc(C2CC2)n1C1CC1)c1ccccc1. The molecule has 8 heteroatoms. The maximum absolute atomic E-state index is 12.8. The lowest BCUT2D eigenvalue weighted by Crippen LogP contribution is -2.41. The summed E-state index contributed by atoms with van der Waals surface area (Å²) in [5.74, 6) is 1.21. The Labute approximate surface area is 162 Å². The van der Waals surface area contributed by atoms with Crippen molar-refractivity contribution in [2.45, 2.75) is 55.0 Å². The van der Waals surface area contributed by atoms with Crippen molar-refractivity contribution in [3.8, 4) is 0 Å². The fourth-order valence-corrected chi connectivity index (χ4v) is 4.17. The van der Waals surface area contributed by atoms with E-state index in [0.29, 0.717) is 18.5 Å². The smallest absolute Gasteiger partial charge is 0.321 e. The largest absolute Gasteiger partial charge is 0.338 e. The van der Waals surface area contributed by atoms with E-state index in [9.17, 15) is 9.59 Å². The monoisotopic (exact) mass is 385 g/mol.